The second kappa shape index (κ2) is 3.42. The number of halogens is 1. The smallest absolute Gasteiger partial charge is 0.230 e. The number of nitrogens with zero attached hydrogens (tertiary/aromatic N) is 3. The summed E-state index contributed by atoms with van der Waals surface area (Å²) in [5.74, 6) is -0.686. The van der Waals surface area contributed by atoms with Crippen molar-refractivity contribution in [2.45, 2.75) is 18.5 Å². The maximum atomic E-state index is 13.1. The number of rotatable bonds is 1. The summed E-state index contributed by atoms with van der Waals surface area (Å²) in [6.45, 7) is 1.88. The van der Waals surface area contributed by atoms with E-state index in [4.69, 9.17) is 5.26 Å². The van der Waals surface area contributed by atoms with Gasteiger partial charge in [-0.1, -0.05) is 0 Å². The Morgan fingerprint density at radius 1 is 1.62 bits per heavy atom. The summed E-state index contributed by atoms with van der Waals surface area (Å²) in [6, 6.07) is 4.40. The molecule has 0 spiro atoms. The standard InChI is InChI=1S/C11H11FN4/c12-11-7(3-13)1-9(5-15-11)16-6-8-2-10(16)4-14-8/h1,5,8,10,14H,2,4,6H2/t8-,10-/m0/s1. The van der Waals surface area contributed by atoms with Crippen LogP contribution in [-0.2, 0) is 0 Å². The van der Waals surface area contributed by atoms with Crippen molar-refractivity contribution in [1.29, 1.82) is 5.26 Å². The molecule has 16 heavy (non-hydrogen) atoms. The summed E-state index contributed by atoms with van der Waals surface area (Å²) in [6.07, 6.45) is 2.64. The van der Waals surface area contributed by atoms with Crippen molar-refractivity contribution in [3.63, 3.8) is 0 Å². The summed E-state index contributed by atoms with van der Waals surface area (Å²) >= 11 is 0. The molecule has 0 saturated carbocycles. The van der Waals surface area contributed by atoms with Crippen molar-refractivity contribution in [3.8, 4) is 6.07 Å². The van der Waals surface area contributed by atoms with Gasteiger partial charge >= 0.3 is 0 Å². The minimum Gasteiger partial charge on any atom is -0.364 e. The normalized spacial score (nSPS) is 27.1. The van der Waals surface area contributed by atoms with Gasteiger partial charge in [0.05, 0.1) is 11.9 Å². The highest BCUT2D eigenvalue weighted by molar-refractivity contribution is 5.52. The van der Waals surface area contributed by atoms with E-state index in [1.165, 1.54) is 6.20 Å². The predicted molar refractivity (Wildman–Crippen MR) is 56.5 cm³/mol. The molecule has 0 unspecified atom stereocenters. The lowest BCUT2D eigenvalue weighted by Crippen LogP contribution is -2.43. The maximum Gasteiger partial charge on any atom is 0.230 e. The molecule has 2 saturated heterocycles. The lowest BCUT2D eigenvalue weighted by molar-refractivity contribution is 0.568. The van der Waals surface area contributed by atoms with Crippen LogP contribution in [0.25, 0.3) is 0 Å². The first-order valence-corrected chi connectivity index (χ1v) is 5.33. The molecule has 2 atom stereocenters. The fraction of sp³-hybridized carbons (Fsp3) is 0.455. The van der Waals surface area contributed by atoms with Crippen LogP contribution >= 0.6 is 0 Å². The third kappa shape index (κ3) is 1.34. The van der Waals surface area contributed by atoms with Crippen molar-refractivity contribution < 1.29 is 4.39 Å². The van der Waals surface area contributed by atoms with E-state index in [1.807, 2.05) is 6.07 Å². The Bertz CT molecular complexity index is 468. The topological polar surface area (TPSA) is 52.0 Å². The Hall–Kier alpha value is -1.67. The van der Waals surface area contributed by atoms with Gasteiger partial charge in [0.25, 0.3) is 0 Å². The van der Waals surface area contributed by atoms with E-state index in [0.29, 0.717) is 12.1 Å². The van der Waals surface area contributed by atoms with Gasteiger partial charge in [0.15, 0.2) is 0 Å². The van der Waals surface area contributed by atoms with Crippen LogP contribution in [0.15, 0.2) is 12.3 Å². The summed E-state index contributed by atoms with van der Waals surface area (Å²) < 4.78 is 13.1. The third-order valence-electron chi connectivity index (χ3n) is 3.33. The molecule has 0 amide bonds. The molecule has 5 heteroatoms. The van der Waals surface area contributed by atoms with Crippen LogP contribution < -0.4 is 10.2 Å². The highest BCUT2D eigenvalue weighted by atomic mass is 19.1. The van der Waals surface area contributed by atoms with Gasteiger partial charge in [0.2, 0.25) is 5.95 Å². The van der Waals surface area contributed by atoms with E-state index >= 15 is 0 Å². The SMILES string of the molecule is N#Cc1cc(N2C[C@@H]3C[C@H]2CN3)cnc1F. The van der Waals surface area contributed by atoms with Gasteiger partial charge in [-0.25, -0.2) is 4.98 Å². The lowest BCUT2D eigenvalue weighted by Gasteiger charge is -2.29. The van der Waals surface area contributed by atoms with Crippen LogP contribution in [-0.4, -0.2) is 30.2 Å². The number of fused-ring (bicyclic) bond motifs is 2. The second-order valence-corrected chi connectivity index (χ2v) is 4.29. The first-order chi connectivity index (χ1) is 7.78. The largest absolute Gasteiger partial charge is 0.364 e. The number of anilines is 1. The molecule has 2 aliphatic rings. The van der Waals surface area contributed by atoms with Gasteiger partial charge in [-0.3, -0.25) is 0 Å². The highest BCUT2D eigenvalue weighted by Crippen LogP contribution is 2.29. The predicted octanol–water partition coefficient (Wildman–Crippen LogP) is 0.643. The van der Waals surface area contributed by atoms with Crippen LogP contribution in [0.3, 0.4) is 0 Å². The zero-order valence-electron chi connectivity index (χ0n) is 8.65. The average Bonchev–Trinajstić information content (AvgIpc) is 2.91. The fourth-order valence-corrected chi connectivity index (χ4v) is 2.55. The Balaban J connectivity index is 1.93. The Morgan fingerprint density at radius 3 is 3.12 bits per heavy atom. The number of pyridine rings is 1. The minimum atomic E-state index is -0.686. The molecule has 1 aromatic rings. The molecule has 4 nitrogen and oxygen atoms in total. The molecule has 0 aromatic carbocycles. The monoisotopic (exact) mass is 218 g/mol. The summed E-state index contributed by atoms with van der Waals surface area (Å²) in [5, 5.41) is 12.2. The zero-order chi connectivity index (χ0) is 11.1. The lowest BCUT2D eigenvalue weighted by atomic mass is 10.2. The zero-order valence-corrected chi connectivity index (χ0v) is 8.65. The fourth-order valence-electron chi connectivity index (χ4n) is 2.55. The number of piperazine rings is 1. The van der Waals surface area contributed by atoms with E-state index in [-0.39, 0.29) is 5.56 Å². The molecular weight excluding hydrogens is 207 g/mol. The quantitative estimate of drug-likeness (QED) is 0.703. The Morgan fingerprint density at radius 2 is 2.50 bits per heavy atom. The van der Waals surface area contributed by atoms with E-state index in [9.17, 15) is 4.39 Å². The number of aromatic nitrogens is 1. The molecule has 3 rings (SSSR count). The van der Waals surface area contributed by atoms with Gasteiger partial charge in [-0.15, -0.1) is 0 Å². The van der Waals surface area contributed by atoms with Crippen molar-refractivity contribution in [2.75, 3.05) is 18.0 Å². The summed E-state index contributed by atoms with van der Waals surface area (Å²) in [4.78, 5) is 5.83. The van der Waals surface area contributed by atoms with Crippen LogP contribution in [0, 0.1) is 17.3 Å². The molecule has 1 N–H and O–H groups in total. The van der Waals surface area contributed by atoms with Crippen molar-refractivity contribution in [1.82, 2.24) is 10.3 Å². The molecule has 2 aliphatic heterocycles. The molecule has 2 fully saturated rings. The average molecular weight is 218 g/mol. The second-order valence-electron chi connectivity index (χ2n) is 4.29. The van der Waals surface area contributed by atoms with E-state index < -0.39 is 5.95 Å². The molecule has 82 valence electrons. The van der Waals surface area contributed by atoms with E-state index in [1.54, 1.807) is 6.07 Å². The molecule has 0 radical (unpaired) electrons. The molecule has 2 bridgehead atoms. The Labute approximate surface area is 92.7 Å². The van der Waals surface area contributed by atoms with E-state index in [2.05, 4.69) is 15.2 Å². The van der Waals surface area contributed by atoms with Crippen molar-refractivity contribution in [3.05, 3.63) is 23.8 Å². The van der Waals surface area contributed by atoms with Gasteiger partial charge in [0.1, 0.15) is 11.6 Å². The molecular formula is C11H11FN4. The summed E-state index contributed by atoms with van der Waals surface area (Å²) in [7, 11) is 0. The van der Waals surface area contributed by atoms with Crippen LogP contribution in [0.5, 0.6) is 0 Å². The first kappa shape index (κ1) is 9.55. The van der Waals surface area contributed by atoms with Gasteiger partial charge in [-0.2, -0.15) is 9.65 Å². The van der Waals surface area contributed by atoms with E-state index in [0.717, 1.165) is 25.2 Å². The maximum absolute atomic E-state index is 13.1. The molecule has 1 aromatic heterocycles. The van der Waals surface area contributed by atoms with Crippen LogP contribution in [0.2, 0.25) is 0 Å². The molecule has 0 aliphatic carbocycles. The number of nitriles is 1. The van der Waals surface area contributed by atoms with Gasteiger partial charge in [-0.05, 0) is 12.5 Å². The van der Waals surface area contributed by atoms with Crippen molar-refractivity contribution in [2.24, 2.45) is 0 Å². The molecule has 3 heterocycles. The van der Waals surface area contributed by atoms with Crippen LogP contribution in [0.4, 0.5) is 10.1 Å². The van der Waals surface area contributed by atoms with Gasteiger partial charge < -0.3 is 10.2 Å². The Kier molecular flexibility index (Phi) is 2.04. The third-order valence-corrected chi connectivity index (χ3v) is 3.33. The van der Waals surface area contributed by atoms with Crippen LogP contribution in [0.1, 0.15) is 12.0 Å². The van der Waals surface area contributed by atoms with Crippen molar-refractivity contribution >= 4 is 5.69 Å². The number of hydrogen-bond donors (Lipinski definition) is 1. The number of nitrogens with one attached hydrogen (secondary N) is 1. The minimum absolute atomic E-state index is 0.0215. The first-order valence-electron chi connectivity index (χ1n) is 5.33. The summed E-state index contributed by atoms with van der Waals surface area (Å²) in [5.41, 5.74) is 0.875. The number of hydrogen-bond acceptors (Lipinski definition) is 4. The highest BCUT2D eigenvalue weighted by Gasteiger charge is 2.37. The van der Waals surface area contributed by atoms with Gasteiger partial charge in [0, 0.05) is 25.2 Å².